The van der Waals surface area contributed by atoms with E-state index in [2.05, 4.69) is 30.2 Å². The van der Waals surface area contributed by atoms with Crippen molar-refractivity contribution in [2.24, 2.45) is 11.3 Å². The summed E-state index contributed by atoms with van der Waals surface area (Å²) < 4.78 is 0. The molecule has 1 aromatic heterocycles. The molecule has 1 saturated carbocycles. The lowest BCUT2D eigenvalue weighted by atomic mass is 9.70. The van der Waals surface area contributed by atoms with Crippen LogP contribution >= 0.6 is 11.3 Å². The Kier molecular flexibility index (Phi) is 4.21. The SMILES string of the molecule is CC1CCC(CO)(CN2CCc3sccc3C2C)CC1. The highest BCUT2D eigenvalue weighted by Crippen LogP contribution is 2.42. The fraction of sp³-hybridized carbons (Fsp3) is 0.765. The average Bonchev–Trinajstić information content (AvgIpc) is 2.94. The fourth-order valence-corrected chi connectivity index (χ4v) is 4.91. The van der Waals surface area contributed by atoms with Crippen molar-refractivity contribution in [3.05, 3.63) is 21.9 Å². The molecule has 1 aliphatic carbocycles. The largest absolute Gasteiger partial charge is 0.396 e. The van der Waals surface area contributed by atoms with Gasteiger partial charge < -0.3 is 5.11 Å². The minimum Gasteiger partial charge on any atom is -0.396 e. The lowest BCUT2D eigenvalue weighted by molar-refractivity contribution is 0.0154. The van der Waals surface area contributed by atoms with E-state index in [1.54, 1.807) is 4.88 Å². The first-order valence-electron chi connectivity index (χ1n) is 8.05. The molecule has 0 bridgehead atoms. The maximum Gasteiger partial charge on any atom is 0.0499 e. The maximum atomic E-state index is 9.98. The predicted molar refractivity (Wildman–Crippen MR) is 85.2 cm³/mol. The summed E-state index contributed by atoms with van der Waals surface area (Å²) in [4.78, 5) is 4.19. The van der Waals surface area contributed by atoms with E-state index < -0.39 is 0 Å². The van der Waals surface area contributed by atoms with Gasteiger partial charge in [0.2, 0.25) is 0 Å². The molecule has 112 valence electrons. The fourth-order valence-electron chi connectivity index (χ4n) is 3.95. The smallest absolute Gasteiger partial charge is 0.0499 e. The third-order valence-electron chi connectivity index (χ3n) is 5.61. The second-order valence-corrected chi connectivity index (χ2v) is 8.04. The second-order valence-electron chi connectivity index (χ2n) is 7.04. The molecule has 3 heteroatoms. The Labute approximate surface area is 126 Å². The van der Waals surface area contributed by atoms with Crippen LogP contribution in [0, 0.1) is 11.3 Å². The minimum absolute atomic E-state index is 0.161. The molecule has 1 aliphatic heterocycles. The lowest BCUT2D eigenvalue weighted by Gasteiger charge is -2.44. The summed E-state index contributed by atoms with van der Waals surface area (Å²) in [5.74, 6) is 0.844. The summed E-state index contributed by atoms with van der Waals surface area (Å²) >= 11 is 1.91. The molecule has 20 heavy (non-hydrogen) atoms. The van der Waals surface area contributed by atoms with Gasteiger partial charge in [-0.15, -0.1) is 11.3 Å². The molecule has 1 atom stereocenters. The summed E-state index contributed by atoms with van der Waals surface area (Å²) in [6.07, 6.45) is 6.16. The Morgan fingerprint density at radius 3 is 2.80 bits per heavy atom. The topological polar surface area (TPSA) is 23.5 Å². The molecule has 0 spiro atoms. The maximum absolute atomic E-state index is 9.98. The van der Waals surface area contributed by atoms with E-state index in [0.29, 0.717) is 12.6 Å². The highest BCUT2D eigenvalue weighted by molar-refractivity contribution is 7.10. The van der Waals surface area contributed by atoms with Gasteiger partial charge in [0, 0.05) is 36.0 Å². The standard InChI is InChI=1S/C17H27NOS/c1-13-3-7-17(12-19,8-4-13)11-18-9-5-16-15(14(18)2)6-10-20-16/h6,10,13-14,19H,3-5,7-9,11-12H2,1-2H3. The highest BCUT2D eigenvalue weighted by Gasteiger charge is 2.37. The Morgan fingerprint density at radius 2 is 2.10 bits per heavy atom. The molecule has 0 amide bonds. The predicted octanol–water partition coefficient (Wildman–Crippen LogP) is 3.86. The number of thiophene rings is 1. The Morgan fingerprint density at radius 1 is 1.35 bits per heavy atom. The summed E-state index contributed by atoms with van der Waals surface area (Å²) in [6.45, 7) is 7.28. The zero-order valence-corrected chi connectivity index (χ0v) is 13.6. The molecule has 2 aliphatic rings. The van der Waals surface area contributed by atoms with Crippen LogP contribution in [0.4, 0.5) is 0 Å². The summed E-state index contributed by atoms with van der Waals surface area (Å²) in [5.41, 5.74) is 1.69. The molecular formula is C17H27NOS. The normalized spacial score (nSPS) is 35.0. The summed E-state index contributed by atoms with van der Waals surface area (Å²) in [7, 11) is 0. The summed E-state index contributed by atoms with van der Waals surface area (Å²) in [6, 6.07) is 2.82. The number of hydrogen-bond donors (Lipinski definition) is 1. The van der Waals surface area contributed by atoms with E-state index in [1.807, 2.05) is 11.3 Å². The van der Waals surface area contributed by atoms with Gasteiger partial charge in [-0.3, -0.25) is 4.90 Å². The van der Waals surface area contributed by atoms with Crippen molar-refractivity contribution >= 4 is 11.3 Å². The molecule has 0 radical (unpaired) electrons. The highest BCUT2D eigenvalue weighted by atomic mass is 32.1. The van der Waals surface area contributed by atoms with E-state index in [1.165, 1.54) is 37.7 Å². The van der Waals surface area contributed by atoms with Crippen LogP contribution in [0.5, 0.6) is 0 Å². The van der Waals surface area contributed by atoms with Crippen LogP contribution in [0.25, 0.3) is 0 Å². The Balaban J connectivity index is 1.71. The van der Waals surface area contributed by atoms with Gasteiger partial charge in [0.05, 0.1) is 0 Å². The van der Waals surface area contributed by atoms with Crippen LogP contribution in [-0.4, -0.2) is 29.7 Å². The monoisotopic (exact) mass is 293 g/mol. The summed E-state index contributed by atoms with van der Waals surface area (Å²) in [5, 5.41) is 12.2. The second kappa shape index (κ2) is 5.78. The number of hydrogen-bond acceptors (Lipinski definition) is 3. The quantitative estimate of drug-likeness (QED) is 0.915. The molecule has 3 rings (SSSR count). The zero-order valence-electron chi connectivity index (χ0n) is 12.8. The van der Waals surface area contributed by atoms with Crippen LogP contribution in [-0.2, 0) is 6.42 Å². The van der Waals surface area contributed by atoms with Gasteiger partial charge in [-0.1, -0.05) is 19.8 Å². The molecule has 1 fully saturated rings. The first-order chi connectivity index (χ1) is 9.63. The van der Waals surface area contributed by atoms with E-state index in [9.17, 15) is 5.11 Å². The van der Waals surface area contributed by atoms with Crippen molar-refractivity contribution in [2.75, 3.05) is 19.7 Å². The van der Waals surface area contributed by atoms with Crippen LogP contribution < -0.4 is 0 Å². The van der Waals surface area contributed by atoms with Crippen molar-refractivity contribution in [3.8, 4) is 0 Å². The first-order valence-corrected chi connectivity index (χ1v) is 8.93. The van der Waals surface area contributed by atoms with Gasteiger partial charge >= 0.3 is 0 Å². The number of aliphatic hydroxyl groups is 1. The molecular weight excluding hydrogens is 266 g/mol. The van der Waals surface area contributed by atoms with Crippen LogP contribution in [0.3, 0.4) is 0 Å². The van der Waals surface area contributed by atoms with Crippen molar-refractivity contribution in [3.63, 3.8) is 0 Å². The van der Waals surface area contributed by atoms with Crippen molar-refractivity contribution in [1.29, 1.82) is 0 Å². The van der Waals surface area contributed by atoms with Crippen molar-refractivity contribution in [2.45, 2.75) is 52.0 Å². The molecule has 1 unspecified atom stereocenters. The van der Waals surface area contributed by atoms with Gasteiger partial charge in [0.15, 0.2) is 0 Å². The molecule has 2 heterocycles. The zero-order chi connectivity index (χ0) is 14.2. The van der Waals surface area contributed by atoms with Gasteiger partial charge in [0.25, 0.3) is 0 Å². The third kappa shape index (κ3) is 2.68. The van der Waals surface area contributed by atoms with Gasteiger partial charge in [0.1, 0.15) is 0 Å². The van der Waals surface area contributed by atoms with Gasteiger partial charge in [-0.05, 0) is 49.1 Å². The van der Waals surface area contributed by atoms with E-state index in [-0.39, 0.29) is 5.41 Å². The van der Waals surface area contributed by atoms with Gasteiger partial charge in [-0.25, -0.2) is 0 Å². The third-order valence-corrected chi connectivity index (χ3v) is 6.61. The van der Waals surface area contributed by atoms with E-state index in [4.69, 9.17) is 0 Å². The van der Waals surface area contributed by atoms with Crippen molar-refractivity contribution < 1.29 is 5.11 Å². The number of aliphatic hydroxyl groups excluding tert-OH is 1. The molecule has 2 nitrogen and oxygen atoms in total. The number of rotatable bonds is 3. The van der Waals surface area contributed by atoms with Crippen LogP contribution in [0.1, 0.15) is 56.0 Å². The van der Waals surface area contributed by atoms with Gasteiger partial charge in [-0.2, -0.15) is 0 Å². The molecule has 0 saturated heterocycles. The van der Waals surface area contributed by atoms with Crippen LogP contribution in [0.15, 0.2) is 11.4 Å². The average molecular weight is 293 g/mol. The molecule has 0 aromatic carbocycles. The van der Waals surface area contributed by atoms with E-state index >= 15 is 0 Å². The molecule has 1 aromatic rings. The lowest BCUT2D eigenvalue weighted by Crippen LogP contribution is -2.45. The first kappa shape index (κ1) is 14.6. The van der Waals surface area contributed by atoms with Crippen molar-refractivity contribution in [1.82, 2.24) is 4.90 Å². The Bertz CT molecular complexity index is 448. The van der Waals surface area contributed by atoms with E-state index in [0.717, 1.165) is 19.0 Å². The van der Waals surface area contributed by atoms with Crippen LogP contribution in [0.2, 0.25) is 0 Å². The number of fused-ring (bicyclic) bond motifs is 1. The molecule has 1 N–H and O–H groups in total. The Hall–Kier alpha value is -0.380. The minimum atomic E-state index is 0.161. The number of nitrogens with zero attached hydrogens (tertiary/aromatic N) is 1.